The fourth-order valence-electron chi connectivity index (χ4n) is 3.06. The number of sulfone groups is 1. The van der Waals surface area contributed by atoms with Crippen molar-refractivity contribution in [3.05, 3.63) is 53.3 Å². The summed E-state index contributed by atoms with van der Waals surface area (Å²) in [5.74, 6) is 0.816. The third-order valence-corrected chi connectivity index (χ3v) is 6.39. The minimum Gasteiger partial charge on any atom is -0.372 e. The summed E-state index contributed by atoms with van der Waals surface area (Å²) in [6, 6.07) is 10.8. The van der Waals surface area contributed by atoms with Crippen LogP contribution in [0.3, 0.4) is 0 Å². The molecule has 0 aliphatic carbocycles. The first kappa shape index (κ1) is 18.0. The lowest BCUT2D eigenvalue weighted by Crippen LogP contribution is -2.31. The Kier molecular flexibility index (Phi) is 4.41. The lowest BCUT2D eigenvalue weighted by atomic mass is 10.2. The molecule has 140 valence electrons. The smallest absolute Gasteiger partial charge is 0.347 e. The Hall–Kier alpha value is -2.42. The summed E-state index contributed by atoms with van der Waals surface area (Å²) in [5, 5.41) is -0.621. The van der Waals surface area contributed by atoms with Gasteiger partial charge in [-0.1, -0.05) is 11.6 Å². The second-order valence-electron chi connectivity index (χ2n) is 6.19. The molecule has 1 aliphatic rings. The lowest BCUT2D eigenvalue weighted by Gasteiger charge is -2.18. The Balaban J connectivity index is 1.68. The van der Waals surface area contributed by atoms with Crippen molar-refractivity contribution in [2.45, 2.75) is 18.0 Å². The molecule has 1 amide bonds. The van der Waals surface area contributed by atoms with E-state index < -0.39 is 15.1 Å². The molecule has 0 spiro atoms. The van der Waals surface area contributed by atoms with Gasteiger partial charge in [-0.05, 0) is 42.5 Å². The van der Waals surface area contributed by atoms with Crippen LogP contribution < -0.4 is 4.90 Å². The number of carbonyl (C=O) groups excluding carboxylic acids is 1. The van der Waals surface area contributed by atoms with Crippen LogP contribution in [0.2, 0.25) is 5.02 Å². The normalized spacial score (nSPS) is 14.1. The third kappa shape index (κ3) is 3.09. The first-order valence-corrected chi connectivity index (χ1v) is 10.1. The molecule has 0 atom stereocenters. The monoisotopic (exact) mass is 405 g/mol. The third-order valence-electron chi connectivity index (χ3n) is 4.52. The second kappa shape index (κ2) is 6.63. The van der Waals surface area contributed by atoms with E-state index in [1.807, 2.05) is 6.07 Å². The van der Waals surface area contributed by atoms with Gasteiger partial charge in [-0.15, -0.1) is 0 Å². The standard InChI is InChI=1S/C18H16ClN3O4S/c1-21(18(23)27(24,25)14-5-2-12(19)3-6-14)13-4-7-16-15(10-13)20-17-11-26-9-8-22(16)17/h2-7,10H,8-9,11H2,1H3. The summed E-state index contributed by atoms with van der Waals surface area (Å²) in [6.07, 6.45) is 0. The second-order valence-corrected chi connectivity index (χ2v) is 8.45. The van der Waals surface area contributed by atoms with Gasteiger partial charge in [-0.25, -0.2) is 13.4 Å². The molecule has 0 bridgehead atoms. The zero-order chi connectivity index (χ0) is 19.2. The van der Waals surface area contributed by atoms with Crippen molar-refractivity contribution in [2.24, 2.45) is 0 Å². The van der Waals surface area contributed by atoms with Crippen LogP contribution in [0.15, 0.2) is 47.4 Å². The zero-order valence-corrected chi connectivity index (χ0v) is 16.0. The molecule has 0 radical (unpaired) electrons. The SMILES string of the molecule is CN(C(=O)S(=O)(=O)c1ccc(Cl)cc1)c1ccc2c(c1)nc1n2CCOC1. The number of anilines is 1. The first-order chi connectivity index (χ1) is 12.9. The van der Waals surface area contributed by atoms with Gasteiger partial charge in [0, 0.05) is 24.3 Å². The molecule has 9 heteroatoms. The number of nitrogens with zero attached hydrogens (tertiary/aromatic N) is 3. The van der Waals surface area contributed by atoms with Crippen molar-refractivity contribution in [2.75, 3.05) is 18.6 Å². The largest absolute Gasteiger partial charge is 0.372 e. The van der Waals surface area contributed by atoms with Gasteiger partial charge in [0.1, 0.15) is 12.4 Å². The van der Waals surface area contributed by atoms with Crippen LogP contribution in [-0.4, -0.2) is 36.9 Å². The van der Waals surface area contributed by atoms with Gasteiger partial charge in [0.2, 0.25) is 0 Å². The number of hydrogen-bond donors (Lipinski definition) is 0. The van der Waals surface area contributed by atoms with E-state index in [2.05, 4.69) is 9.55 Å². The van der Waals surface area contributed by atoms with E-state index in [1.165, 1.54) is 31.3 Å². The number of halogens is 1. The molecule has 0 N–H and O–H groups in total. The minimum atomic E-state index is -4.18. The molecule has 2 aromatic carbocycles. The maximum Gasteiger partial charge on any atom is 0.347 e. The topological polar surface area (TPSA) is 81.5 Å². The van der Waals surface area contributed by atoms with Crippen molar-refractivity contribution in [3.63, 3.8) is 0 Å². The first-order valence-electron chi connectivity index (χ1n) is 8.23. The number of hydrogen-bond acceptors (Lipinski definition) is 5. The summed E-state index contributed by atoms with van der Waals surface area (Å²) in [6.45, 7) is 1.77. The summed E-state index contributed by atoms with van der Waals surface area (Å²) in [4.78, 5) is 18.2. The zero-order valence-electron chi connectivity index (χ0n) is 14.4. The molecule has 4 rings (SSSR count). The Morgan fingerprint density at radius 2 is 1.96 bits per heavy atom. The van der Waals surface area contributed by atoms with E-state index in [0.717, 1.165) is 16.2 Å². The molecular weight excluding hydrogens is 390 g/mol. The van der Waals surface area contributed by atoms with Crippen LogP contribution in [0.25, 0.3) is 11.0 Å². The highest BCUT2D eigenvalue weighted by molar-refractivity contribution is 8.06. The van der Waals surface area contributed by atoms with E-state index in [-0.39, 0.29) is 4.90 Å². The molecule has 1 aromatic heterocycles. The quantitative estimate of drug-likeness (QED) is 0.653. The molecule has 27 heavy (non-hydrogen) atoms. The average molecular weight is 406 g/mol. The van der Waals surface area contributed by atoms with Crippen LogP contribution >= 0.6 is 11.6 Å². The summed E-state index contributed by atoms with van der Waals surface area (Å²) in [5.41, 5.74) is 2.07. The van der Waals surface area contributed by atoms with Gasteiger partial charge in [-0.3, -0.25) is 4.79 Å². The van der Waals surface area contributed by atoms with Crippen molar-refractivity contribution in [1.82, 2.24) is 9.55 Å². The van der Waals surface area contributed by atoms with Crippen LogP contribution in [0, 0.1) is 0 Å². The van der Waals surface area contributed by atoms with Crippen molar-refractivity contribution in [3.8, 4) is 0 Å². The van der Waals surface area contributed by atoms with E-state index >= 15 is 0 Å². The molecule has 0 saturated heterocycles. The molecule has 3 aromatic rings. The van der Waals surface area contributed by atoms with Crippen molar-refractivity contribution in [1.29, 1.82) is 0 Å². The number of carbonyl (C=O) groups is 1. The van der Waals surface area contributed by atoms with Gasteiger partial charge in [-0.2, -0.15) is 0 Å². The number of ether oxygens (including phenoxy) is 1. The molecule has 0 fully saturated rings. The molecule has 2 heterocycles. The number of imidazole rings is 1. The number of aromatic nitrogens is 2. The van der Waals surface area contributed by atoms with Crippen LogP contribution in [0.5, 0.6) is 0 Å². The highest BCUT2D eigenvalue weighted by atomic mass is 35.5. The number of fused-ring (bicyclic) bond motifs is 3. The van der Waals surface area contributed by atoms with Gasteiger partial charge < -0.3 is 14.2 Å². The molecular formula is C18H16ClN3O4S. The van der Waals surface area contributed by atoms with Crippen LogP contribution in [0.4, 0.5) is 10.5 Å². The van der Waals surface area contributed by atoms with Gasteiger partial charge in [0.25, 0.3) is 9.84 Å². The van der Waals surface area contributed by atoms with Crippen molar-refractivity contribution >= 4 is 43.4 Å². The van der Waals surface area contributed by atoms with Gasteiger partial charge >= 0.3 is 5.24 Å². The van der Waals surface area contributed by atoms with Gasteiger partial charge in [0.15, 0.2) is 0 Å². The molecule has 1 aliphatic heterocycles. The summed E-state index contributed by atoms with van der Waals surface area (Å²) in [7, 11) is -2.75. The summed E-state index contributed by atoms with van der Waals surface area (Å²) >= 11 is 5.79. The van der Waals surface area contributed by atoms with Crippen LogP contribution in [-0.2, 0) is 27.7 Å². The Bertz CT molecular complexity index is 1140. The van der Waals surface area contributed by atoms with E-state index in [9.17, 15) is 13.2 Å². The number of amides is 1. The highest BCUT2D eigenvalue weighted by Crippen LogP contribution is 2.26. The Morgan fingerprint density at radius 3 is 2.70 bits per heavy atom. The maximum absolute atomic E-state index is 12.6. The maximum atomic E-state index is 12.6. The number of benzene rings is 2. The number of rotatable bonds is 2. The Morgan fingerprint density at radius 1 is 1.22 bits per heavy atom. The fraction of sp³-hybridized carbons (Fsp3) is 0.222. The average Bonchev–Trinajstić information content (AvgIpc) is 3.05. The lowest BCUT2D eigenvalue weighted by molar-refractivity contribution is 0.0830. The minimum absolute atomic E-state index is 0.0977. The van der Waals surface area contributed by atoms with E-state index in [4.69, 9.17) is 16.3 Å². The molecule has 7 nitrogen and oxygen atoms in total. The molecule has 0 unspecified atom stereocenters. The van der Waals surface area contributed by atoms with Crippen LogP contribution in [0.1, 0.15) is 5.82 Å². The van der Waals surface area contributed by atoms with Crippen molar-refractivity contribution < 1.29 is 17.9 Å². The van der Waals surface area contributed by atoms with Gasteiger partial charge in [0.05, 0.1) is 22.5 Å². The highest BCUT2D eigenvalue weighted by Gasteiger charge is 2.29. The Labute approximate surface area is 161 Å². The fourth-order valence-corrected chi connectivity index (χ4v) is 4.34. The predicted octanol–water partition coefficient (Wildman–Crippen LogP) is 3.25. The van der Waals surface area contributed by atoms with E-state index in [0.29, 0.717) is 36.0 Å². The summed E-state index contributed by atoms with van der Waals surface area (Å²) < 4.78 is 32.7. The molecule has 0 saturated carbocycles. The predicted molar refractivity (Wildman–Crippen MR) is 102 cm³/mol. The van der Waals surface area contributed by atoms with E-state index in [1.54, 1.807) is 12.1 Å².